The molecule has 0 saturated carbocycles. The largest absolute Gasteiger partial charge is 0.480 e. The molecule has 1 atom stereocenters. The zero-order valence-electron chi connectivity index (χ0n) is 11.6. The first-order valence-corrected chi connectivity index (χ1v) is 6.96. The number of aliphatic carboxylic acids is 1. The van der Waals surface area contributed by atoms with Gasteiger partial charge in [0.15, 0.2) is 0 Å². The van der Waals surface area contributed by atoms with Crippen LogP contribution in [0.15, 0.2) is 6.07 Å². The summed E-state index contributed by atoms with van der Waals surface area (Å²) < 4.78 is 0. The summed E-state index contributed by atoms with van der Waals surface area (Å²) in [6, 6.07) is 0.703. The van der Waals surface area contributed by atoms with E-state index < -0.39 is 18.0 Å². The highest BCUT2D eigenvalue weighted by molar-refractivity contribution is 7.12. The molecule has 0 fully saturated rings. The third-order valence-corrected chi connectivity index (χ3v) is 4.01. The van der Waals surface area contributed by atoms with E-state index in [9.17, 15) is 9.59 Å². The average molecular weight is 284 g/mol. The van der Waals surface area contributed by atoms with Gasteiger partial charge in [-0.2, -0.15) is 0 Å². The summed E-state index contributed by atoms with van der Waals surface area (Å²) in [6.45, 7) is 7.98. The summed E-state index contributed by atoms with van der Waals surface area (Å²) in [6.07, 6.45) is 0. The van der Waals surface area contributed by atoms with E-state index >= 15 is 0 Å². The number of aryl methyl sites for hydroxylation is 2. The summed E-state index contributed by atoms with van der Waals surface area (Å²) in [5.74, 6) is -1.18. The zero-order valence-corrected chi connectivity index (χ0v) is 12.4. The Morgan fingerprint density at radius 2 is 2.00 bits per heavy atom. The lowest BCUT2D eigenvalue weighted by atomic mass is 10.1. The lowest BCUT2D eigenvalue weighted by molar-refractivity contribution is -0.140. The van der Waals surface area contributed by atoms with Crippen molar-refractivity contribution in [3.05, 3.63) is 21.4 Å². The second-order valence-corrected chi connectivity index (χ2v) is 6.18. The third kappa shape index (κ3) is 4.55. The zero-order chi connectivity index (χ0) is 14.6. The Morgan fingerprint density at radius 1 is 1.37 bits per heavy atom. The molecule has 0 unspecified atom stereocenters. The quantitative estimate of drug-likeness (QED) is 0.776. The monoisotopic (exact) mass is 284 g/mol. The molecule has 0 saturated heterocycles. The van der Waals surface area contributed by atoms with Crippen molar-refractivity contribution in [2.45, 2.75) is 40.3 Å². The molecule has 1 heterocycles. The van der Waals surface area contributed by atoms with Crippen LogP contribution in [0.25, 0.3) is 0 Å². The van der Waals surface area contributed by atoms with Crippen molar-refractivity contribution in [1.29, 1.82) is 0 Å². The number of hydrogen-bond acceptors (Lipinski definition) is 3. The van der Waals surface area contributed by atoms with Gasteiger partial charge in [-0.05, 0) is 31.4 Å². The van der Waals surface area contributed by atoms with Crippen LogP contribution in [0.4, 0.5) is 4.79 Å². The van der Waals surface area contributed by atoms with Crippen LogP contribution in [0.5, 0.6) is 0 Å². The molecule has 0 aromatic carbocycles. The molecule has 6 heteroatoms. The third-order valence-electron chi connectivity index (χ3n) is 2.86. The minimum atomic E-state index is -1.02. The van der Waals surface area contributed by atoms with Crippen molar-refractivity contribution in [3.63, 3.8) is 0 Å². The maximum absolute atomic E-state index is 11.6. The summed E-state index contributed by atoms with van der Waals surface area (Å²) in [5, 5.41) is 14.1. The molecule has 0 aliphatic rings. The summed E-state index contributed by atoms with van der Waals surface area (Å²) in [7, 11) is 0. The Kier molecular flexibility index (Phi) is 5.35. The smallest absolute Gasteiger partial charge is 0.326 e. The first kappa shape index (κ1) is 15.5. The van der Waals surface area contributed by atoms with Gasteiger partial charge in [-0.15, -0.1) is 11.3 Å². The highest BCUT2D eigenvalue weighted by atomic mass is 32.1. The average Bonchev–Trinajstić information content (AvgIpc) is 2.62. The molecule has 5 nitrogen and oxygen atoms in total. The Balaban J connectivity index is 2.49. The van der Waals surface area contributed by atoms with E-state index in [-0.39, 0.29) is 5.92 Å². The van der Waals surface area contributed by atoms with E-state index in [1.165, 1.54) is 10.4 Å². The second-order valence-electron chi connectivity index (χ2n) is 4.84. The molecule has 0 radical (unpaired) electrons. The van der Waals surface area contributed by atoms with Gasteiger partial charge in [0.1, 0.15) is 6.04 Å². The minimum absolute atomic E-state index is 0.158. The molecule has 19 heavy (non-hydrogen) atoms. The number of carboxylic acids is 1. The molecule has 106 valence electrons. The number of hydrogen-bond donors (Lipinski definition) is 3. The van der Waals surface area contributed by atoms with Crippen LogP contribution in [-0.2, 0) is 11.3 Å². The minimum Gasteiger partial charge on any atom is -0.480 e. The van der Waals surface area contributed by atoms with E-state index in [1.807, 2.05) is 19.9 Å². The molecule has 0 spiro atoms. The van der Waals surface area contributed by atoms with Crippen molar-refractivity contribution in [3.8, 4) is 0 Å². The molecular formula is C13H20N2O3S. The first-order valence-electron chi connectivity index (χ1n) is 6.14. The Labute approximate surface area is 117 Å². The Hall–Kier alpha value is -1.56. The van der Waals surface area contributed by atoms with Crippen LogP contribution in [-0.4, -0.2) is 23.1 Å². The van der Waals surface area contributed by atoms with Crippen LogP contribution in [0.1, 0.15) is 29.2 Å². The number of nitrogens with one attached hydrogen (secondary N) is 2. The van der Waals surface area contributed by atoms with Gasteiger partial charge >= 0.3 is 12.0 Å². The molecule has 0 aliphatic heterocycles. The number of carbonyl (C=O) groups excluding carboxylic acids is 1. The second kappa shape index (κ2) is 6.56. The SMILES string of the molecule is Cc1cc(CNC(=O)N[C@H](C(=O)O)C(C)C)sc1C. The van der Waals surface area contributed by atoms with Gasteiger partial charge < -0.3 is 15.7 Å². The van der Waals surface area contributed by atoms with Crippen LogP contribution >= 0.6 is 11.3 Å². The normalized spacial score (nSPS) is 12.3. The number of carbonyl (C=O) groups is 2. The molecule has 0 aliphatic carbocycles. The Morgan fingerprint density at radius 3 is 2.42 bits per heavy atom. The number of urea groups is 1. The number of rotatable bonds is 5. The predicted molar refractivity (Wildman–Crippen MR) is 75.4 cm³/mol. The predicted octanol–water partition coefficient (Wildman–Crippen LogP) is 2.27. The van der Waals surface area contributed by atoms with Gasteiger partial charge in [-0.25, -0.2) is 9.59 Å². The lowest BCUT2D eigenvalue weighted by Crippen LogP contribution is -2.48. The standard InChI is InChI=1S/C13H20N2O3S/c1-7(2)11(12(16)17)15-13(18)14-6-10-5-8(3)9(4)19-10/h5,7,11H,6H2,1-4H3,(H,16,17)(H2,14,15,18)/t11-/m0/s1. The summed E-state index contributed by atoms with van der Waals surface area (Å²) in [5.41, 5.74) is 1.20. The van der Waals surface area contributed by atoms with Gasteiger partial charge in [0, 0.05) is 9.75 Å². The van der Waals surface area contributed by atoms with Gasteiger partial charge in [0.05, 0.1) is 6.54 Å². The summed E-state index contributed by atoms with van der Waals surface area (Å²) >= 11 is 1.63. The van der Waals surface area contributed by atoms with Crippen LogP contribution in [0.3, 0.4) is 0 Å². The van der Waals surface area contributed by atoms with Crippen molar-refractivity contribution in [2.75, 3.05) is 0 Å². The summed E-state index contributed by atoms with van der Waals surface area (Å²) in [4.78, 5) is 24.9. The van der Waals surface area contributed by atoms with Gasteiger partial charge in [0.25, 0.3) is 0 Å². The van der Waals surface area contributed by atoms with Gasteiger partial charge in [-0.3, -0.25) is 0 Å². The van der Waals surface area contributed by atoms with Crippen molar-refractivity contribution in [1.82, 2.24) is 10.6 Å². The molecule has 2 amide bonds. The maximum Gasteiger partial charge on any atom is 0.326 e. The molecule has 3 N–H and O–H groups in total. The topological polar surface area (TPSA) is 78.4 Å². The fourth-order valence-electron chi connectivity index (χ4n) is 1.61. The van der Waals surface area contributed by atoms with Crippen LogP contribution < -0.4 is 10.6 Å². The van der Waals surface area contributed by atoms with Gasteiger partial charge in [0.2, 0.25) is 0 Å². The number of thiophene rings is 1. The molecule has 0 bridgehead atoms. The van der Waals surface area contributed by atoms with E-state index in [4.69, 9.17) is 5.11 Å². The van der Waals surface area contributed by atoms with E-state index in [0.29, 0.717) is 6.54 Å². The first-order chi connectivity index (χ1) is 8.81. The number of amides is 2. The molecule has 1 aromatic rings. The van der Waals surface area contributed by atoms with E-state index in [2.05, 4.69) is 10.6 Å². The highest BCUT2D eigenvalue weighted by Gasteiger charge is 2.23. The van der Waals surface area contributed by atoms with Crippen LogP contribution in [0.2, 0.25) is 0 Å². The van der Waals surface area contributed by atoms with E-state index in [1.54, 1.807) is 25.2 Å². The molecule has 1 aromatic heterocycles. The van der Waals surface area contributed by atoms with E-state index in [0.717, 1.165) is 4.88 Å². The maximum atomic E-state index is 11.6. The Bertz CT molecular complexity index is 449. The fraction of sp³-hybridized carbons (Fsp3) is 0.538. The van der Waals surface area contributed by atoms with Crippen molar-refractivity contribution >= 4 is 23.3 Å². The van der Waals surface area contributed by atoms with Crippen LogP contribution in [0, 0.1) is 19.8 Å². The fourth-order valence-corrected chi connectivity index (χ4v) is 2.60. The lowest BCUT2D eigenvalue weighted by Gasteiger charge is -2.18. The number of carboxylic acid groups (broad SMARTS) is 1. The molecule has 1 rings (SSSR count). The van der Waals surface area contributed by atoms with Crippen molar-refractivity contribution < 1.29 is 14.7 Å². The van der Waals surface area contributed by atoms with Crippen molar-refractivity contribution in [2.24, 2.45) is 5.92 Å². The highest BCUT2D eigenvalue weighted by Crippen LogP contribution is 2.20. The molecular weight excluding hydrogens is 264 g/mol. The van der Waals surface area contributed by atoms with Gasteiger partial charge in [-0.1, -0.05) is 13.8 Å².